The van der Waals surface area contributed by atoms with Crippen molar-refractivity contribution in [3.8, 4) is 11.4 Å². The van der Waals surface area contributed by atoms with Crippen molar-refractivity contribution in [2.24, 2.45) is 0 Å². The lowest BCUT2D eigenvalue weighted by Crippen LogP contribution is -2.23. The summed E-state index contributed by atoms with van der Waals surface area (Å²) in [7, 11) is -3.70. The fourth-order valence-electron chi connectivity index (χ4n) is 5.77. The smallest absolute Gasteiger partial charge is 0.338 e. The number of esters is 1. The molecule has 1 amide bonds. The van der Waals surface area contributed by atoms with Crippen LogP contribution >= 0.6 is 7.14 Å². The van der Waals surface area contributed by atoms with Crippen LogP contribution in [-0.4, -0.2) is 37.5 Å². The summed E-state index contributed by atoms with van der Waals surface area (Å²) in [5.41, 5.74) is 4.00. The topological polar surface area (TPSA) is 140 Å². The van der Waals surface area contributed by atoms with Crippen molar-refractivity contribution in [2.75, 3.05) is 0 Å². The van der Waals surface area contributed by atoms with Crippen molar-refractivity contribution in [1.82, 2.24) is 20.3 Å². The molecule has 5 aromatic carbocycles. The molecule has 1 heterocycles. The summed E-state index contributed by atoms with van der Waals surface area (Å²) >= 11 is 0. The monoisotopic (exact) mass is 684 g/mol. The van der Waals surface area contributed by atoms with Crippen LogP contribution in [0.5, 0.6) is 5.75 Å². The molecule has 0 aliphatic carbocycles. The number of amides is 1. The summed E-state index contributed by atoms with van der Waals surface area (Å²) in [6, 6.07) is 30.7. The lowest BCUT2D eigenvalue weighted by molar-refractivity contribution is -0.116. The second-order valence-electron chi connectivity index (χ2n) is 11.7. The van der Waals surface area contributed by atoms with Gasteiger partial charge in [0.2, 0.25) is 18.6 Å². The van der Waals surface area contributed by atoms with Crippen LogP contribution in [0.1, 0.15) is 43.0 Å². The van der Waals surface area contributed by atoms with Crippen molar-refractivity contribution in [2.45, 2.75) is 27.0 Å². The van der Waals surface area contributed by atoms with Gasteiger partial charge in [-0.05, 0) is 72.5 Å². The Morgan fingerprint density at radius 2 is 1.44 bits per heavy atom. The van der Waals surface area contributed by atoms with E-state index in [-0.39, 0.29) is 30.4 Å². The number of aromatic nitrogens is 3. The van der Waals surface area contributed by atoms with Gasteiger partial charge in [-0.25, -0.2) is 4.79 Å². The van der Waals surface area contributed by atoms with Crippen LogP contribution < -0.4 is 15.9 Å². The van der Waals surface area contributed by atoms with Gasteiger partial charge in [0.05, 0.1) is 5.56 Å². The molecule has 0 aliphatic rings. The highest BCUT2D eigenvalue weighted by Gasteiger charge is 2.38. The third-order valence-corrected chi connectivity index (χ3v) is 11.1. The van der Waals surface area contributed by atoms with E-state index in [1.54, 1.807) is 105 Å². The second kappa shape index (κ2) is 14.2. The molecule has 10 nitrogen and oxygen atoms in total. The molecule has 0 atom stereocenters. The molecule has 0 spiro atoms. The third kappa shape index (κ3) is 6.74. The molecule has 1 aromatic heterocycles. The third-order valence-electron chi connectivity index (χ3n) is 8.23. The van der Waals surface area contributed by atoms with Crippen LogP contribution in [0.2, 0.25) is 0 Å². The number of rotatable bonds is 11. The fraction of sp³-hybridized carbons (Fsp3) is 0.103. The van der Waals surface area contributed by atoms with Crippen molar-refractivity contribution in [1.29, 1.82) is 0 Å². The van der Waals surface area contributed by atoms with Gasteiger partial charge in [0.25, 0.3) is 0 Å². The zero-order valence-electron chi connectivity index (χ0n) is 27.4. The average Bonchev–Trinajstić information content (AvgIpc) is 3.56. The minimum atomic E-state index is -3.70. The van der Waals surface area contributed by atoms with Crippen LogP contribution in [-0.2, 0) is 27.2 Å². The number of phenolic OH excluding ortho intramolecular Hbond substituents is 1. The van der Waals surface area contributed by atoms with Crippen LogP contribution in [0.25, 0.3) is 16.7 Å². The second-order valence-corrected chi connectivity index (χ2v) is 14.4. The Bertz CT molecular complexity index is 2250. The van der Waals surface area contributed by atoms with E-state index in [0.29, 0.717) is 55.1 Å². The molecule has 11 heteroatoms. The Balaban J connectivity index is 1.20. The number of ether oxygens (including phenoxy) is 1. The number of carbonyl (C=O) groups excluding carboxylic acids is 3. The van der Waals surface area contributed by atoms with E-state index >= 15 is 0 Å². The maximum atomic E-state index is 14.7. The standard InChI is InChI=1S/C39H33N4O6P/c1-4-36(45)40-23-27-15-18-35(44)34(21-27)43-41-32-17-16-29(22-33(32)42-43)38(46)49-24-28-19-25(2)37(26(3)20-28)39(47)50(48,30-11-7-5-8-12-30)31-13-9-6-10-14-31/h4-22,44H,1,23-24H2,2-3H3,(H,40,45). The molecule has 6 aromatic rings. The maximum absolute atomic E-state index is 14.7. The van der Waals surface area contributed by atoms with Crippen LogP contribution in [0, 0.1) is 13.8 Å². The van der Waals surface area contributed by atoms with E-state index in [1.807, 2.05) is 12.1 Å². The molecule has 0 radical (unpaired) electrons. The summed E-state index contributed by atoms with van der Waals surface area (Å²) in [4.78, 5) is 40.1. The fourth-order valence-corrected chi connectivity index (χ4v) is 8.39. The average molecular weight is 685 g/mol. The first-order chi connectivity index (χ1) is 24.1. The van der Waals surface area contributed by atoms with Crippen LogP contribution in [0.15, 0.2) is 122 Å². The van der Waals surface area contributed by atoms with Gasteiger partial charge in [-0.15, -0.1) is 15.0 Å². The maximum Gasteiger partial charge on any atom is 0.338 e. The van der Waals surface area contributed by atoms with E-state index in [9.17, 15) is 24.1 Å². The first-order valence-electron chi connectivity index (χ1n) is 15.7. The Morgan fingerprint density at radius 3 is 2.06 bits per heavy atom. The largest absolute Gasteiger partial charge is 0.506 e. The van der Waals surface area contributed by atoms with Gasteiger partial charge in [-0.3, -0.25) is 9.59 Å². The molecule has 0 saturated heterocycles. The van der Waals surface area contributed by atoms with Gasteiger partial charge in [-0.1, -0.05) is 85.4 Å². The van der Waals surface area contributed by atoms with Gasteiger partial charge >= 0.3 is 5.97 Å². The van der Waals surface area contributed by atoms with Crippen LogP contribution in [0.3, 0.4) is 0 Å². The summed E-state index contributed by atoms with van der Waals surface area (Å²) in [6.07, 6.45) is 1.17. The number of fused-ring (bicyclic) bond motifs is 1. The van der Waals surface area contributed by atoms with E-state index in [4.69, 9.17) is 4.74 Å². The molecule has 0 fully saturated rings. The summed E-state index contributed by atoms with van der Waals surface area (Å²) in [5.74, 6) is -0.976. The number of hydrogen-bond acceptors (Lipinski definition) is 8. The van der Waals surface area contributed by atoms with Gasteiger partial charge in [0.15, 0.2) is 0 Å². The number of benzene rings is 5. The van der Waals surface area contributed by atoms with Crippen molar-refractivity contribution < 1.29 is 28.8 Å². The first-order valence-corrected chi connectivity index (χ1v) is 17.4. The molecule has 250 valence electrons. The molecule has 0 saturated carbocycles. The number of aromatic hydroxyl groups is 1. The number of nitrogens with one attached hydrogen (secondary N) is 1. The lowest BCUT2D eigenvalue weighted by Gasteiger charge is -2.21. The Morgan fingerprint density at radius 1 is 0.820 bits per heavy atom. The zero-order chi connectivity index (χ0) is 35.4. The minimum absolute atomic E-state index is 0.0577. The highest BCUT2D eigenvalue weighted by molar-refractivity contribution is 7.93. The van der Waals surface area contributed by atoms with E-state index in [1.165, 1.54) is 16.9 Å². The predicted octanol–water partition coefficient (Wildman–Crippen LogP) is 6.06. The normalized spacial score (nSPS) is 11.2. The Labute approximate surface area is 288 Å². The van der Waals surface area contributed by atoms with Gasteiger partial charge in [-0.2, -0.15) is 0 Å². The van der Waals surface area contributed by atoms with Crippen LogP contribution in [0.4, 0.5) is 0 Å². The Hall–Kier alpha value is -6.12. The quantitative estimate of drug-likeness (QED) is 0.0955. The molecule has 6 rings (SSSR count). The number of hydrogen-bond donors (Lipinski definition) is 2. The summed E-state index contributed by atoms with van der Waals surface area (Å²) in [5, 5.41) is 23.0. The number of carbonyl (C=O) groups is 3. The first kappa shape index (κ1) is 33.8. The molecular formula is C39H33N4O6P. The highest BCUT2D eigenvalue weighted by Crippen LogP contribution is 2.48. The zero-order valence-corrected chi connectivity index (χ0v) is 28.3. The van der Waals surface area contributed by atoms with Gasteiger partial charge in [0.1, 0.15) is 29.1 Å². The van der Waals surface area contributed by atoms with Crippen molar-refractivity contribution in [3.05, 3.63) is 155 Å². The van der Waals surface area contributed by atoms with Gasteiger partial charge in [0, 0.05) is 22.7 Å². The lowest BCUT2D eigenvalue weighted by atomic mass is 10.0. The van der Waals surface area contributed by atoms with Crippen molar-refractivity contribution >= 4 is 46.2 Å². The number of nitrogens with zero attached hydrogens (tertiary/aromatic N) is 3. The highest BCUT2D eigenvalue weighted by atomic mass is 31.2. The van der Waals surface area contributed by atoms with E-state index in [0.717, 1.165) is 0 Å². The summed E-state index contributed by atoms with van der Waals surface area (Å²) in [6.45, 7) is 7.17. The molecule has 2 N–H and O–H groups in total. The van der Waals surface area contributed by atoms with E-state index < -0.39 is 18.6 Å². The molecular weight excluding hydrogens is 651 g/mol. The minimum Gasteiger partial charge on any atom is -0.506 e. The molecule has 0 bridgehead atoms. The summed E-state index contributed by atoms with van der Waals surface area (Å²) < 4.78 is 20.3. The predicted molar refractivity (Wildman–Crippen MR) is 192 cm³/mol. The van der Waals surface area contributed by atoms with Crippen molar-refractivity contribution in [3.63, 3.8) is 0 Å². The molecule has 0 aliphatic heterocycles. The Kier molecular flexibility index (Phi) is 9.56. The van der Waals surface area contributed by atoms with Gasteiger partial charge < -0.3 is 19.7 Å². The molecule has 50 heavy (non-hydrogen) atoms. The SMILES string of the molecule is C=CC(=O)NCc1ccc(O)c(-n2nc3ccc(C(=O)OCc4cc(C)c(C(=O)P(=O)(c5ccccc5)c5ccccc5)c(C)c4)cc3n2)c1. The number of aryl methyl sites for hydroxylation is 2. The van der Waals surface area contributed by atoms with E-state index in [2.05, 4.69) is 22.1 Å². The number of phenols is 1. The molecule has 0 unspecified atom stereocenters.